The topological polar surface area (TPSA) is 75.7 Å². The Morgan fingerprint density at radius 3 is 2.58 bits per heavy atom. The first-order chi connectivity index (χ1) is 17.2. The molecular formula is C27H22Cl2N2O4S. The van der Waals surface area contributed by atoms with E-state index in [9.17, 15) is 14.4 Å². The highest BCUT2D eigenvalue weighted by Crippen LogP contribution is 2.34. The fraction of sp³-hybridized carbons (Fsp3) is 0.148. The average Bonchev–Trinajstić information content (AvgIpc) is 3.08. The van der Waals surface area contributed by atoms with E-state index < -0.39 is 17.1 Å². The lowest BCUT2D eigenvalue weighted by molar-refractivity contribution is -0.127. The number of halogens is 2. The zero-order chi connectivity index (χ0) is 25.8. The number of carbonyl (C=O) groups is 3. The quantitative estimate of drug-likeness (QED) is 0.331. The van der Waals surface area contributed by atoms with Crippen molar-refractivity contribution in [3.8, 4) is 5.75 Å². The Labute approximate surface area is 223 Å². The molecular weight excluding hydrogens is 519 g/mol. The number of para-hydroxylation sites is 1. The van der Waals surface area contributed by atoms with E-state index in [0.29, 0.717) is 27.0 Å². The van der Waals surface area contributed by atoms with Gasteiger partial charge in [-0.1, -0.05) is 65.2 Å². The van der Waals surface area contributed by atoms with Crippen LogP contribution in [0.5, 0.6) is 5.75 Å². The van der Waals surface area contributed by atoms with E-state index in [1.807, 2.05) is 26.0 Å². The van der Waals surface area contributed by atoms with Crippen LogP contribution < -0.4 is 10.1 Å². The highest BCUT2D eigenvalue weighted by atomic mass is 35.5. The molecule has 9 heteroatoms. The van der Waals surface area contributed by atoms with Gasteiger partial charge in [0.05, 0.1) is 4.91 Å². The molecule has 1 heterocycles. The molecule has 3 aromatic carbocycles. The number of imide groups is 1. The standard InChI is InChI=1S/C27H22Cl2N2O4S/c1-16-7-10-22(17(2)11-16)30-25(32)14-31-26(33)24(36-27(31)34)12-18-5-3-4-6-23(18)35-15-19-8-9-20(28)13-21(19)29/h3-13H,14-15H2,1-2H3,(H,30,32)/b24-12+. The maximum atomic E-state index is 13.0. The fourth-order valence-electron chi connectivity index (χ4n) is 3.59. The molecule has 0 atom stereocenters. The van der Waals surface area contributed by atoms with E-state index in [-0.39, 0.29) is 18.1 Å². The van der Waals surface area contributed by atoms with Crippen LogP contribution in [-0.4, -0.2) is 28.5 Å². The van der Waals surface area contributed by atoms with Crippen LogP contribution in [0, 0.1) is 13.8 Å². The molecule has 3 aromatic rings. The van der Waals surface area contributed by atoms with Gasteiger partial charge in [-0.3, -0.25) is 19.3 Å². The molecule has 0 spiro atoms. The summed E-state index contributed by atoms with van der Waals surface area (Å²) in [6, 6.07) is 17.9. The molecule has 0 bridgehead atoms. The third-order valence-electron chi connectivity index (χ3n) is 5.44. The molecule has 4 rings (SSSR count). The van der Waals surface area contributed by atoms with Crippen LogP contribution in [0.1, 0.15) is 22.3 Å². The second-order valence-electron chi connectivity index (χ2n) is 8.20. The van der Waals surface area contributed by atoms with Crippen LogP contribution in [0.2, 0.25) is 10.0 Å². The van der Waals surface area contributed by atoms with Crippen molar-refractivity contribution >= 4 is 63.8 Å². The number of thioether (sulfide) groups is 1. The van der Waals surface area contributed by atoms with Crippen molar-refractivity contribution < 1.29 is 19.1 Å². The lowest BCUT2D eigenvalue weighted by atomic mass is 10.1. The number of carbonyl (C=O) groups excluding carboxylic acids is 3. The van der Waals surface area contributed by atoms with E-state index in [1.165, 1.54) is 0 Å². The number of amides is 3. The van der Waals surface area contributed by atoms with Crippen LogP contribution in [0.25, 0.3) is 6.08 Å². The van der Waals surface area contributed by atoms with Crippen LogP contribution in [0.4, 0.5) is 10.5 Å². The van der Waals surface area contributed by atoms with Gasteiger partial charge < -0.3 is 10.1 Å². The fourth-order valence-corrected chi connectivity index (χ4v) is 4.88. The molecule has 0 aromatic heterocycles. The molecule has 184 valence electrons. The van der Waals surface area contributed by atoms with Crippen LogP contribution in [0.15, 0.2) is 65.6 Å². The van der Waals surface area contributed by atoms with Crippen molar-refractivity contribution in [2.75, 3.05) is 11.9 Å². The SMILES string of the molecule is Cc1ccc(NC(=O)CN2C(=O)S/C(=C/c3ccccc3OCc3ccc(Cl)cc3Cl)C2=O)c(C)c1. The number of hydrogen-bond acceptors (Lipinski definition) is 5. The Bertz CT molecular complexity index is 1390. The molecule has 0 saturated carbocycles. The lowest BCUT2D eigenvalue weighted by Crippen LogP contribution is -2.36. The third-order valence-corrected chi connectivity index (χ3v) is 6.93. The summed E-state index contributed by atoms with van der Waals surface area (Å²) >= 11 is 13.0. The molecule has 0 unspecified atom stereocenters. The zero-order valence-electron chi connectivity index (χ0n) is 19.5. The minimum Gasteiger partial charge on any atom is -0.488 e. The van der Waals surface area contributed by atoms with Gasteiger partial charge in [0.15, 0.2) is 0 Å². The second kappa shape index (κ2) is 11.2. The Morgan fingerprint density at radius 1 is 1.06 bits per heavy atom. The first-order valence-electron chi connectivity index (χ1n) is 11.0. The predicted molar refractivity (Wildman–Crippen MR) is 144 cm³/mol. The van der Waals surface area contributed by atoms with Crippen LogP contribution in [-0.2, 0) is 16.2 Å². The molecule has 1 saturated heterocycles. The van der Waals surface area contributed by atoms with Crippen molar-refractivity contribution in [3.05, 3.63) is 97.9 Å². The second-order valence-corrected chi connectivity index (χ2v) is 10.0. The smallest absolute Gasteiger partial charge is 0.294 e. The van der Waals surface area contributed by atoms with Gasteiger partial charge in [0.25, 0.3) is 11.1 Å². The molecule has 36 heavy (non-hydrogen) atoms. The Balaban J connectivity index is 1.46. The highest BCUT2D eigenvalue weighted by Gasteiger charge is 2.36. The molecule has 1 N–H and O–H groups in total. The summed E-state index contributed by atoms with van der Waals surface area (Å²) < 4.78 is 5.94. The highest BCUT2D eigenvalue weighted by molar-refractivity contribution is 8.18. The van der Waals surface area contributed by atoms with Crippen molar-refractivity contribution in [1.29, 1.82) is 0 Å². The predicted octanol–water partition coefficient (Wildman–Crippen LogP) is 6.86. The summed E-state index contributed by atoms with van der Waals surface area (Å²) in [6.45, 7) is 3.66. The Hall–Kier alpha value is -3.26. The number of nitrogens with one attached hydrogen (secondary N) is 1. The van der Waals surface area contributed by atoms with Gasteiger partial charge in [-0.25, -0.2) is 0 Å². The van der Waals surface area contributed by atoms with E-state index >= 15 is 0 Å². The summed E-state index contributed by atoms with van der Waals surface area (Å²) in [5, 5.41) is 3.28. The van der Waals surface area contributed by atoms with Crippen molar-refractivity contribution in [1.82, 2.24) is 4.90 Å². The molecule has 0 aliphatic carbocycles. The lowest BCUT2D eigenvalue weighted by Gasteiger charge is -2.14. The Kier molecular flexibility index (Phi) is 8.04. The monoisotopic (exact) mass is 540 g/mol. The number of anilines is 1. The van der Waals surface area contributed by atoms with E-state index in [0.717, 1.165) is 33.4 Å². The molecule has 6 nitrogen and oxygen atoms in total. The van der Waals surface area contributed by atoms with Crippen LogP contribution >= 0.6 is 35.0 Å². The average molecular weight is 541 g/mol. The molecule has 1 aliphatic rings. The summed E-state index contributed by atoms with van der Waals surface area (Å²) in [5.74, 6) is -0.465. The zero-order valence-corrected chi connectivity index (χ0v) is 21.8. The summed E-state index contributed by atoms with van der Waals surface area (Å²) in [5.41, 5.74) is 3.98. The van der Waals surface area contributed by atoms with Crippen LogP contribution in [0.3, 0.4) is 0 Å². The maximum absolute atomic E-state index is 13.0. The number of ether oxygens (including phenoxy) is 1. The minimum atomic E-state index is -0.531. The first kappa shape index (κ1) is 25.8. The summed E-state index contributed by atoms with van der Waals surface area (Å²) in [7, 11) is 0. The number of benzene rings is 3. The number of hydrogen-bond donors (Lipinski definition) is 1. The van der Waals surface area contributed by atoms with Crippen molar-refractivity contribution in [3.63, 3.8) is 0 Å². The Morgan fingerprint density at radius 2 is 1.83 bits per heavy atom. The van der Waals surface area contributed by atoms with Gasteiger partial charge in [0.1, 0.15) is 18.9 Å². The van der Waals surface area contributed by atoms with E-state index in [4.69, 9.17) is 27.9 Å². The van der Waals surface area contributed by atoms with Crippen molar-refractivity contribution in [2.24, 2.45) is 0 Å². The summed E-state index contributed by atoms with van der Waals surface area (Å²) in [4.78, 5) is 39.2. The van der Waals surface area contributed by atoms with Gasteiger partial charge in [-0.15, -0.1) is 0 Å². The molecule has 0 radical (unpaired) electrons. The minimum absolute atomic E-state index is 0.195. The van der Waals surface area contributed by atoms with Gasteiger partial charge >= 0.3 is 0 Å². The van der Waals surface area contributed by atoms with E-state index in [2.05, 4.69) is 5.32 Å². The molecule has 1 fully saturated rings. The normalized spacial score (nSPS) is 14.4. The number of nitrogens with zero attached hydrogens (tertiary/aromatic N) is 1. The largest absolute Gasteiger partial charge is 0.488 e. The molecule has 1 aliphatic heterocycles. The van der Waals surface area contributed by atoms with Gasteiger partial charge in [-0.05, 0) is 61.5 Å². The van der Waals surface area contributed by atoms with Gasteiger partial charge in [-0.2, -0.15) is 0 Å². The van der Waals surface area contributed by atoms with Crippen molar-refractivity contribution in [2.45, 2.75) is 20.5 Å². The third kappa shape index (κ3) is 6.10. The number of aryl methyl sites for hydroxylation is 2. The first-order valence-corrected chi connectivity index (χ1v) is 12.6. The number of rotatable bonds is 7. The maximum Gasteiger partial charge on any atom is 0.294 e. The van der Waals surface area contributed by atoms with Gasteiger partial charge in [0, 0.05) is 26.9 Å². The molecule has 3 amide bonds. The summed E-state index contributed by atoms with van der Waals surface area (Å²) in [6.07, 6.45) is 1.59. The van der Waals surface area contributed by atoms with E-state index in [1.54, 1.807) is 54.6 Å². The van der Waals surface area contributed by atoms with Gasteiger partial charge in [0.2, 0.25) is 5.91 Å².